The Morgan fingerprint density at radius 1 is 0.941 bits per heavy atom. The van der Waals surface area contributed by atoms with Crippen LogP contribution in [0, 0.1) is 5.92 Å². The number of benzene rings is 2. The lowest BCUT2D eigenvalue weighted by Crippen LogP contribution is -2.49. The molecule has 3 aliphatic rings. The molecule has 2 atom stereocenters. The molecule has 0 aliphatic carbocycles. The second-order valence-corrected chi connectivity index (χ2v) is 9.02. The van der Waals surface area contributed by atoms with Crippen LogP contribution in [0.4, 0.5) is 5.69 Å². The molecule has 3 heterocycles. The van der Waals surface area contributed by atoms with Crippen LogP contribution in [0.5, 0.6) is 5.75 Å². The number of piperidine rings is 1. The van der Waals surface area contributed by atoms with E-state index in [4.69, 9.17) is 9.47 Å². The molecule has 178 valence electrons. The molecule has 8 nitrogen and oxygen atoms in total. The van der Waals surface area contributed by atoms with E-state index in [-0.39, 0.29) is 23.6 Å². The smallest absolute Gasteiger partial charge is 0.265 e. The Labute approximate surface area is 198 Å². The number of ether oxygens (including phenoxy) is 2. The standard InChI is InChI=1S/C26H29N3O5/c30-24(23-16-18-5-1-2-9-22(18)34-23)27-21-8-3-6-19(15-21)25(31)29-10-4-7-20(17-29)26(32)28-11-13-33-14-12-28/h1-3,5-6,8-9,15,20,23H,4,7,10-14,16-17H2,(H,27,30). The minimum atomic E-state index is -0.592. The summed E-state index contributed by atoms with van der Waals surface area (Å²) in [6.07, 6.45) is 1.51. The molecule has 1 N–H and O–H groups in total. The number of hydrogen-bond acceptors (Lipinski definition) is 5. The van der Waals surface area contributed by atoms with Crippen molar-refractivity contribution >= 4 is 23.4 Å². The first-order valence-electron chi connectivity index (χ1n) is 11.9. The van der Waals surface area contributed by atoms with Gasteiger partial charge < -0.3 is 24.6 Å². The molecule has 0 radical (unpaired) electrons. The lowest BCUT2D eigenvalue weighted by Gasteiger charge is -2.36. The van der Waals surface area contributed by atoms with Gasteiger partial charge in [-0.05, 0) is 42.7 Å². The molecule has 8 heteroatoms. The highest BCUT2D eigenvalue weighted by Crippen LogP contribution is 2.29. The molecule has 0 spiro atoms. The maximum Gasteiger partial charge on any atom is 0.265 e. The van der Waals surface area contributed by atoms with E-state index in [1.807, 2.05) is 29.2 Å². The fourth-order valence-electron chi connectivity index (χ4n) is 4.87. The van der Waals surface area contributed by atoms with Gasteiger partial charge in [-0.15, -0.1) is 0 Å². The Balaban J connectivity index is 1.21. The lowest BCUT2D eigenvalue weighted by atomic mass is 9.95. The Bertz CT molecular complexity index is 1060. The van der Waals surface area contributed by atoms with Crippen LogP contribution in [0.3, 0.4) is 0 Å². The Morgan fingerprint density at radius 3 is 2.59 bits per heavy atom. The number of carbonyl (C=O) groups excluding carboxylic acids is 3. The van der Waals surface area contributed by atoms with Crippen LogP contribution < -0.4 is 10.1 Å². The monoisotopic (exact) mass is 463 g/mol. The predicted molar refractivity (Wildman–Crippen MR) is 126 cm³/mol. The van der Waals surface area contributed by atoms with Crippen molar-refractivity contribution < 1.29 is 23.9 Å². The van der Waals surface area contributed by atoms with E-state index in [0.29, 0.717) is 57.1 Å². The summed E-state index contributed by atoms with van der Waals surface area (Å²) in [6, 6.07) is 14.6. The van der Waals surface area contributed by atoms with E-state index in [9.17, 15) is 14.4 Å². The highest BCUT2D eigenvalue weighted by atomic mass is 16.5. The molecule has 0 aromatic heterocycles. The SMILES string of the molecule is O=C(Nc1cccc(C(=O)N2CCCC(C(=O)N3CCOCC3)C2)c1)C1Cc2ccccc2O1. The zero-order chi connectivity index (χ0) is 23.5. The second-order valence-electron chi connectivity index (χ2n) is 9.02. The number of nitrogens with one attached hydrogen (secondary N) is 1. The van der Waals surface area contributed by atoms with E-state index in [1.165, 1.54) is 0 Å². The Kier molecular flexibility index (Phi) is 6.49. The first kappa shape index (κ1) is 22.4. The number of likely N-dealkylation sites (tertiary alicyclic amines) is 1. The average Bonchev–Trinajstić information content (AvgIpc) is 3.33. The summed E-state index contributed by atoms with van der Waals surface area (Å²) in [5.74, 6) is 0.298. The number of morpholine rings is 1. The predicted octanol–water partition coefficient (Wildman–Crippen LogP) is 2.34. The van der Waals surface area contributed by atoms with E-state index in [1.54, 1.807) is 29.2 Å². The molecule has 2 unspecified atom stereocenters. The third-order valence-electron chi connectivity index (χ3n) is 6.70. The first-order chi connectivity index (χ1) is 16.6. The van der Waals surface area contributed by atoms with Gasteiger partial charge in [0.2, 0.25) is 5.91 Å². The van der Waals surface area contributed by atoms with E-state index in [0.717, 1.165) is 24.2 Å². The highest BCUT2D eigenvalue weighted by molar-refractivity contribution is 5.99. The molecule has 0 bridgehead atoms. The average molecular weight is 464 g/mol. The van der Waals surface area contributed by atoms with Crippen molar-refractivity contribution in [1.29, 1.82) is 0 Å². The van der Waals surface area contributed by atoms with Gasteiger partial charge in [-0.2, -0.15) is 0 Å². The van der Waals surface area contributed by atoms with E-state index in [2.05, 4.69) is 5.32 Å². The number of hydrogen-bond donors (Lipinski definition) is 1. The second kappa shape index (κ2) is 9.85. The van der Waals surface area contributed by atoms with Crippen LogP contribution in [-0.2, 0) is 20.7 Å². The third-order valence-corrected chi connectivity index (χ3v) is 6.70. The molecule has 2 saturated heterocycles. The zero-order valence-electron chi connectivity index (χ0n) is 19.1. The van der Waals surface area contributed by atoms with Crippen molar-refractivity contribution in [2.45, 2.75) is 25.4 Å². The quantitative estimate of drug-likeness (QED) is 0.752. The third kappa shape index (κ3) is 4.77. The van der Waals surface area contributed by atoms with Gasteiger partial charge in [-0.25, -0.2) is 0 Å². The highest BCUT2D eigenvalue weighted by Gasteiger charge is 2.33. The number of fused-ring (bicyclic) bond motifs is 1. The van der Waals surface area contributed by atoms with E-state index < -0.39 is 6.10 Å². The van der Waals surface area contributed by atoms with Gasteiger partial charge in [-0.1, -0.05) is 24.3 Å². The van der Waals surface area contributed by atoms with Crippen LogP contribution >= 0.6 is 0 Å². The van der Waals surface area contributed by atoms with Gasteiger partial charge in [0, 0.05) is 43.9 Å². The summed E-state index contributed by atoms with van der Waals surface area (Å²) in [5, 5.41) is 2.88. The number of rotatable bonds is 4. The topological polar surface area (TPSA) is 88.2 Å². The largest absolute Gasteiger partial charge is 0.480 e. The first-order valence-corrected chi connectivity index (χ1v) is 11.9. The molecule has 2 fully saturated rings. The summed E-state index contributed by atoms with van der Waals surface area (Å²) in [7, 11) is 0. The molecular weight excluding hydrogens is 434 g/mol. The fourth-order valence-corrected chi connectivity index (χ4v) is 4.87. The van der Waals surface area contributed by atoms with Crippen LogP contribution in [0.25, 0.3) is 0 Å². The zero-order valence-corrected chi connectivity index (χ0v) is 19.1. The van der Waals surface area contributed by atoms with Crippen LogP contribution in [0.2, 0.25) is 0 Å². The summed E-state index contributed by atoms with van der Waals surface area (Å²) < 4.78 is 11.1. The fraction of sp³-hybridized carbons (Fsp3) is 0.423. The van der Waals surface area contributed by atoms with Gasteiger partial charge in [0.1, 0.15) is 5.75 Å². The number of nitrogens with zero attached hydrogens (tertiary/aromatic N) is 2. The van der Waals surface area contributed by atoms with Gasteiger partial charge >= 0.3 is 0 Å². The Hall–Kier alpha value is -3.39. The number of amides is 3. The van der Waals surface area contributed by atoms with Crippen molar-refractivity contribution in [3.63, 3.8) is 0 Å². The number of carbonyl (C=O) groups is 3. The van der Waals surface area contributed by atoms with Gasteiger partial charge in [0.25, 0.3) is 11.8 Å². The maximum absolute atomic E-state index is 13.2. The summed E-state index contributed by atoms with van der Waals surface area (Å²) in [6.45, 7) is 3.40. The number of para-hydroxylation sites is 1. The molecule has 2 aromatic rings. The van der Waals surface area contributed by atoms with E-state index >= 15 is 0 Å². The summed E-state index contributed by atoms with van der Waals surface area (Å²) >= 11 is 0. The minimum absolute atomic E-state index is 0.111. The summed E-state index contributed by atoms with van der Waals surface area (Å²) in [4.78, 5) is 42.5. The maximum atomic E-state index is 13.2. The van der Waals surface area contributed by atoms with Gasteiger partial charge in [0.05, 0.1) is 19.1 Å². The minimum Gasteiger partial charge on any atom is -0.480 e. The van der Waals surface area contributed by atoms with Crippen LogP contribution in [0.15, 0.2) is 48.5 Å². The van der Waals surface area contributed by atoms with Crippen molar-refractivity contribution in [3.05, 3.63) is 59.7 Å². The molecule has 34 heavy (non-hydrogen) atoms. The summed E-state index contributed by atoms with van der Waals surface area (Å²) in [5.41, 5.74) is 2.05. The molecule has 0 saturated carbocycles. The Morgan fingerprint density at radius 2 is 1.76 bits per heavy atom. The van der Waals surface area contributed by atoms with Gasteiger partial charge in [-0.3, -0.25) is 14.4 Å². The molecule has 2 aromatic carbocycles. The molecule has 5 rings (SSSR count). The van der Waals surface area contributed by atoms with Crippen LogP contribution in [-0.4, -0.2) is 73.0 Å². The van der Waals surface area contributed by atoms with Crippen LogP contribution in [0.1, 0.15) is 28.8 Å². The normalized spacial score (nSPS) is 22.0. The molecular formula is C26H29N3O5. The molecule has 3 amide bonds. The van der Waals surface area contributed by atoms with Crippen molar-refractivity contribution in [2.24, 2.45) is 5.92 Å². The van der Waals surface area contributed by atoms with Crippen molar-refractivity contribution in [3.8, 4) is 5.75 Å². The van der Waals surface area contributed by atoms with Crippen molar-refractivity contribution in [2.75, 3.05) is 44.7 Å². The molecule has 3 aliphatic heterocycles. The van der Waals surface area contributed by atoms with Gasteiger partial charge in [0.15, 0.2) is 6.10 Å². The number of anilines is 1. The lowest BCUT2D eigenvalue weighted by molar-refractivity contribution is -0.141. The van der Waals surface area contributed by atoms with Crippen molar-refractivity contribution in [1.82, 2.24) is 9.80 Å².